The van der Waals surface area contributed by atoms with Gasteiger partial charge in [-0.2, -0.15) is 0 Å². The van der Waals surface area contributed by atoms with E-state index in [4.69, 9.17) is 0 Å². The van der Waals surface area contributed by atoms with Crippen LogP contribution in [0.2, 0.25) is 0 Å². The van der Waals surface area contributed by atoms with Crippen LogP contribution in [-0.2, 0) is 0 Å². The van der Waals surface area contributed by atoms with Gasteiger partial charge in [-0.05, 0) is 34.9 Å². The Morgan fingerprint density at radius 2 is 2.17 bits per heavy atom. The van der Waals surface area contributed by atoms with Gasteiger partial charge in [0.15, 0.2) is 0 Å². The number of allylic oxidation sites excluding steroid dienone is 2. The third-order valence-electron chi connectivity index (χ3n) is 2.23. The van der Waals surface area contributed by atoms with Crippen LogP contribution in [0.15, 0.2) is 9.28 Å². The molecule has 0 aromatic rings. The second-order valence-electron chi connectivity index (χ2n) is 3.11. The Bertz CT molecular complexity index is 202. The van der Waals surface area contributed by atoms with E-state index in [0.29, 0.717) is 4.05 Å². The van der Waals surface area contributed by atoms with Crippen LogP contribution >= 0.6 is 67.8 Å². The minimum atomic E-state index is 0.681. The van der Waals surface area contributed by atoms with E-state index in [-0.39, 0.29) is 0 Å². The molecule has 1 aliphatic heterocycles. The van der Waals surface area contributed by atoms with Gasteiger partial charge in [-0.3, -0.25) is 0 Å². The Balaban J connectivity index is 2.92. The third kappa shape index (κ3) is 2.40. The summed E-state index contributed by atoms with van der Waals surface area (Å²) in [7, 11) is 2.20. The zero-order valence-corrected chi connectivity index (χ0v) is 13.6. The van der Waals surface area contributed by atoms with E-state index in [1.807, 2.05) is 0 Å². The number of halogens is 3. The molecule has 0 bridgehead atoms. The van der Waals surface area contributed by atoms with E-state index in [1.54, 1.807) is 3.58 Å². The molecule has 0 aromatic heterocycles. The van der Waals surface area contributed by atoms with Crippen molar-refractivity contribution in [2.45, 2.75) is 17.4 Å². The summed E-state index contributed by atoms with van der Waals surface area (Å²) < 4.78 is 3.37. The fourth-order valence-electron chi connectivity index (χ4n) is 1.33. The van der Waals surface area contributed by atoms with Gasteiger partial charge in [0.2, 0.25) is 0 Å². The van der Waals surface area contributed by atoms with E-state index in [2.05, 4.69) is 86.6 Å². The lowest BCUT2D eigenvalue weighted by Crippen LogP contribution is -2.33. The molecule has 1 aliphatic rings. The number of rotatable bonds is 1. The van der Waals surface area contributed by atoms with E-state index < -0.39 is 0 Å². The van der Waals surface area contributed by atoms with Gasteiger partial charge >= 0.3 is 0 Å². The van der Waals surface area contributed by atoms with Gasteiger partial charge < -0.3 is 4.90 Å². The van der Waals surface area contributed by atoms with Gasteiger partial charge in [0.25, 0.3) is 0 Å². The molecule has 2 unspecified atom stereocenters. The van der Waals surface area contributed by atoms with Crippen molar-refractivity contribution < 1.29 is 0 Å². The molecule has 0 N–H and O–H groups in total. The molecular weight excluding hydrogens is 491 g/mol. The molecule has 0 fully saturated rings. The van der Waals surface area contributed by atoms with Crippen LogP contribution in [0.1, 0.15) is 13.3 Å². The SMILES string of the molecule is CC1CC(I)N(C)C(CI)=C1I. The summed E-state index contributed by atoms with van der Waals surface area (Å²) in [5.41, 5.74) is 1.52. The maximum Gasteiger partial charge on any atom is 0.0809 e. The van der Waals surface area contributed by atoms with Gasteiger partial charge in [0.1, 0.15) is 0 Å². The van der Waals surface area contributed by atoms with Crippen LogP contribution in [0.5, 0.6) is 0 Å². The Morgan fingerprint density at radius 3 is 2.67 bits per heavy atom. The fraction of sp³-hybridized carbons (Fsp3) is 0.750. The summed E-state index contributed by atoms with van der Waals surface area (Å²) in [4.78, 5) is 2.41. The maximum absolute atomic E-state index is 2.53. The van der Waals surface area contributed by atoms with E-state index in [9.17, 15) is 0 Å². The second-order valence-corrected chi connectivity index (χ2v) is 6.47. The third-order valence-corrected chi connectivity index (χ3v) is 5.98. The summed E-state index contributed by atoms with van der Waals surface area (Å²) in [5.74, 6) is 0.758. The van der Waals surface area contributed by atoms with Gasteiger partial charge in [-0.1, -0.05) is 52.1 Å². The molecule has 0 aromatic carbocycles. The van der Waals surface area contributed by atoms with Crippen molar-refractivity contribution in [3.63, 3.8) is 0 Å². The summed E-state index contributed by atoms with van der Waals surface area (Å²) >= 11 is 7.48. The van der Waals surface area contributed by atoms with Crippen LogP contribution in [0.25, 0.3) is 0 Å². The number of nitrogens with zero attached hydrogens (tertiary/aromatic N) is 1. The summed E-state index contributed by atoms with van der Waals surface area (Å²) in [5, 5.41) is 0. The van der Waals surface area contributed by atoms with Crippen molar-refractivity contribution in [2.24, 2.45) is 5.92 Å². The molecule has 4 heteroatoms. The molecule has 1 heterocycles. The van der Waals surface area contributed by atoms with Crippen LogP contribution in [0.4, 0.5) is 0 Å². The first kappa shape index (κ1) is 11.8. The Kier molecular flexibility index (Phi) is 4.91. The molecule has 0 saturated carbocycles. The average molecular weight is 503 g/mol. The summed E-state index contributed by atoms with van der Waals surface area (Å²) in [6, 6.07) is 0. The highest BCUT2D eigenvalue weighted by molar-refractivity contribution is 14.1. The summed E-state index contributed by atoms with van der Waals surface area (Å²) in [6.45, 7) is 2.33. The lowest BCUT2D eigenvalue weighted by Gasteiger charge is -2.36. The Morgan fingerprint density at radius 1 is 1.58 bits per heavy atom. The van der Waals surface area contributed by atoms with Crippen LogP contribution in [0.3, 0.4) is 0 Å². The predicted octanol–water partition coefficient (Wildman–Crippen LogP) is 3.80. The first-order chi connectivity index (χ1) is 5.57. The van der Waals surface area contributed by atoms with Gasteiger partial charge in [-0.15, -0.1) is 0 Å². The summed E-state index contributed by atoms with van der Waals surface area (Å²) in [6.07, 6.45) is 1.29. The minimum Gasteiger partial charge on any atom is -0.365 e. The number of alkyl halides is 2. The lowest BCUT2D eigenvalue weighted by atomic mass is 10.0. The highest BCUT2D eigenvalue weighted by atomic mass is 127. The van der Waals surface area contributed by atoms with E-state index in [1.165, 1.54) is 12.1 Å². The average Bonchev–Trinajstić information content (AvgIpc) is 2.02. The van der Waals surface area contributed by atoms with Crippen molar-refractivity contribution in [2.75, 3.05) is 11.5 Å². The topological polar surface area (TPSA) is 3.24 Å². The lowest BCUT2D eigenvalue weighted by molar-refractivity contribution is 0.340. The van der Waals surface area contributed by atoms with Crippen molar-refractivity contribution in [3.8, 4) is 0 Å². The molecule has 12 heavy (non-hydrogen) atoms. The van der Waals surface area contributed by atoms with Gasteiger partial charge in [-0.25, -0.2) is 0 Å². The molecule has 0 saturated heterocycles. The molecule has 0 aliphatic carbocycles. The van der Waals surface area contributed by atoms with Crippen LogP contribution in [0, 0.1) is 5.92 Å². The fourth-order valence-corrected chi connectivity index (χ4v) is 4.94. The highest BCUT2D eigenvalue weighted by Gasteiger charge is 2.26. The van der Waals surface area contributed by atoms with E-state index in [0.717, 1.165) is 10.3 Å². The molecule has 1 rings (SSSR count). The largest absolute Gasteiger partial charge is 0.365 e. The normalized spacial score (nSPS) is 31.2. The quantitative estimate of drug-likeness (QED) is 0.299. The molecule has 2 atom stereocenters. The molecular formula is C8H12I3N. The zero-order chi connectivity index (χ0) is 9.30. The van der Waals surface area contributed by atoms with Crippen molar-refractivity contribution in [3.05, 3.63) is 9.28 Å². The molecule has 0 amide bonds. The van der Waals surface area contributed by atoms with Crippen molar-refractivity contribution >= 4 is 67.8 Å². The number of hydrogen-bond donors (Lipinski definition) is 0. The minimum absolute atomic E-state index is 0.681. The first-order valence-electron chi connectivity index (χ1n) is 3.89. The second kappa shape index (κ2) is 4.99. The van der Waals surface area contributed by atoms with E-state index >= 15 is 0 Å². The monoisotopic (exact) mass is 503 g/mol. The Labute approximate surface area is 115 Å². The van der Waals surface area contributed by atoms with Crippen LogP contribution < -0.4 is 0 Å². The zero-order valence-electron chi connectivity index (χ0n) is 7.15. The smallest absolute Gasteiger partial charge is 0.0809 e. The molecule has 1 nitrogen and oxygen atoms in total. The van der Waals surface area contributed by atoms with Crippen molar-refractivity contribution in [1.82, 2.24) is 4.90 Å². The standard InChI is InChI=1S/C8H12I3N/c1-5-3-7(10)12(2)6(4-9)8(5)11/h5,7H,3-4H2,1-2H3. The molecule has 70 valence electrons. The number of hydrogen-bond acceptors (Lipinski definition) is 1. The first-order valence-corrected chi connectivity index (χ1v) is 7.74. The highest BCUT2D eigenvalue weighted by Crippen LogP contribution is 2.37. The molecule has 0 spiro atoms. The van der Waals surface area contributed by atoms with Gasteiger partial charge in [0, 0.05) is 20.8 Å². The van der Waals surface area contributed by atoms with Crippen molar-refractivity contribution in [1.29, 1.82) is 0 Å². The van der Waals surface area contributed by atoms with Crippen LogP contribution in [-0.4, -0.2) is 20.4 Å². The van der Waals surface area contributed by atoms with Gasteiger partial charge in [0.05, 0.1) is 4.05 Å². The maximum atomic E-state index is 2.53. The molecule has 0 radical (unpaired) electrons. The predicted molar refractivity (Wildman–Crippen MR) is 79.3 cm³/mol. The Hall–Kier alpha value is 1.73.